The molecule has 0 atom stereocenters. The number of nitrogens with one attached hydrogen (secondary N) is 1. The third kappa shape index (κ3) is 5.16. The largest absolute Gasteiger partial charge is 0.362 e. The van der Waals surface area contributed by atoms with Gasteiger partial charge in [-0.15, -0.1) is 11.8 Å². The molecule has 7 nitrogen and oxygen atoms in total. The summed E-state index contributed by atoms with van der Waals surface area (Å²) in [5.74, 6) is 1.11. The van der Waals surface area contributed by atoms with Crippen molar-refractivity contribution >= 4 is 33.3 Å². The Labute approximate surface area is 170 Å². The van der Waals surface area contributed by atoms with Crippen LogP contribution in [-0.4, -0.2) is 33.8 Å². The van der Waals surface area contributed by atoms with E-state index in [9.17, 15) is 18.9 Å². The highest BCUT2D eigenvalue weighted by molar-refractivity contribution is 7.98. The van der Waals surface area contributed by atoms with Crippen molar-refractivity contribution in [2.75, 3.05) is 30.0 Å². The van der Waals surface area contributed by atoms with Crippen molar-refractivity contribution in [1.29, 1.82) is 10.5 Å². The van der Waals surface area contributed by atoms with Gasteiger partial charge in [-0.25, -0.2) is 13.4 Å². The third-order valence-corrected chi connectivity index (χ3v) is 5.53. The molecule has 1 aromatic heterocycles. The lowest BCUT2D eigenvalue weighted by atomic mass is 10.0. The van der Waals surface area contributed by atoms with Crippen LogP contribution in [0.15, 0.2) is 29.3 Å². The molecule has 1 heterocycles. The maximum Gasteiger partial charge on any atom is 0.229 e. The van der Waals surface area contributed by atoms with Crippen LogP contribution in [-0.2, 0) is 22.2 Å². The van der Waals surface area contributed by atoms with E-state index in [1.165, 1.54) is 11.8 Å². The number of thioether (sulfide) groups is 1. The SMILES string of the molecule is CCc1c(C#N)c(SCc2ccc(NS(C)(=O)=O)cc2)nc(N(C)C)c1C#N. The lowest BCUT2D eigenvalue weighted by Gasteiger charge is -2.18. The summed E-state index contributed by atoms with van der Waals surface area (Å²) in [6.45, 7) is 1.92. The lowest BCUT2D eigenvalue weighted by Crippen LogP contribution is -2.15. The van der Waals surface area contributed by atoms with Gasteiger partial charge >= 0.3 is 0 Å². The van der Waals surface area contributed by atoms with E-state index in [1.54, 1.807) is 17.0 Å². The highest BCUT2D eigenvalue weighted by Crippen LogP contribution is 2.32. The monoisotopic (exact) mass is 415 g/mol. The van der Waals surface area contributed by atoms with Crippen LogP contribution in [0.4, 0.5) is 11.5 Å². The van der Waals surface area contributed by atoms with Crippen molar-refractivity contribution in [3.63, 3.8) is 0 Å². The topological polar surface area (TPSA) is 110 Å². The second-order valence-corrected chi connectivity index (χ2v) is 9.01. The molecule has 28 heavy (non-hydrogen) atoms. The van der Waals surface area contributed by atoms with E-state index in [4.69, 9.17) is 0 Å². The molecule has 9 heteroatoms. The van der Waals surface area contributed by atoms with Crippen LogP contribution in [0.1, 0.15) is 29.2 Å². The Kier molecular flexibility index (Phi) is 6.90. The maximum atomic E-state index is 11.3. The fraction of sp³-hybridized carbons (Fsp3) is 0.316. The molecular weight excluding hydrogens is 394 g/mol. The van der Waals surface area contributed by atoms with Crippen molar-refractivity contribution < 1.29 is 8.42 Å². The fourth-order valence-electron chi connectivity index (χ4n) is 2.65. The number of pyridine rings is 1. The summed E-state index contributed by atoms with van der Waals surface area (Å²) >= 11 is 1.42. The summed E-state index contributed by atoms with van der Waals surface area (Å²) in [5.41, 5.74) is 3.03. The summed E-state index contributed by atoms with van der Waals surface area (Å²) < 4.78 is 25.0. The molecule has 0 radical (unpaired) electrons. The van der Waals surface area contributed by atoms with Gasteiger partial charge in [0, 0.05) is 25.5 Å². The van der Waals surface area contributed by atoms with E-state index in [0.717, 1.165) is 11.8 Å². The quantitative estimate of drug-likeness (QED) is 0.692. The van der Waals surface area contributed by atoms with Crippen molar-refractivity contribution in [1.82, 2.24) is 4.98 Å². The first-order valence-corrected chi connectivity index (χ1v) is 11.3. The molecule has 0 spiro atoms. The Morgan fingerprint density at radius 2 is 1.75 bits per heavy atom. The Bertz CT molecular complexity index is 1050. The second-order valence-electron chi connectivity index (χ2n) is 6.30. The van der Waals surface area contributed by atoms with Gasteiger partial charge in [-0.1, -0.05) is 19.1 Å². The van der Waals surface area contributed by atoms with Crippen LogP contribution in [0.5, 0.6) is 0 Å². The number of anilines is 2. The molecule has 2 rings (SSSR count). The van der Waals surface area contributed by atoms with Gasteiger partial charge in [0.1, 0.15) is 23.0 Å². The number of nitrogens with zero attached hydrogens (tertiary/aromatic N) is 4. The van der Waals surface area contributed by atoms with Crippen molar-refractivity contribution in [2.24, 2.45) is 0 Å². The average molecular weight is 416 g/mol. The number of aromatic nitrogens is 1. The molecule has 146 valence electrons. The van der Waals surface area contributed by atoms with Gasteiger partial charge in [0.2, 0.25) is 10.0 Å². The van der Waals surface area contributed by atoms with Crippen LogP contribution in [0.3, 0.4) is 0 Å². The van der Waals surface area contributed by atoms with Crippen LogP contribution >= 0.6 is 11.8 Å². The van der Waals surface area contributed by atoms with Gasteiger partial charge < -0.3 is 4.90 Å². The molecule has 0 fully saturated rings. The zero-order valence-electron chi connectivity index (χ0n) is 16.1. The van der Waals surface area contributed by atoms with Gasteiger partial charge in [-0.05, 0) is 29.7 Å². The van der Waals surface area contributed by atoms with E-state index < -0.39 is 10.0 Å². The number of nitriles is 2. The van der Waals surface area contributed by atoms with Crippen LogP contribution in [0.2, 0.25) is 0 Å². The Morgan fingerprint density at radius 3 is 2.21 bits per heavy atom. The van der Waals surface area contributed by atoms with E-state index in [-0.39, 0.29) is 0 Å². The first-order chi connectivity index (χ1) is 13.2. The van der Waals surface area contributed by atoms with Crippen molar-refractivity contribution in [3.05, 3.63) is 46.5 Å². The van der Waals surface area contributed by atoms with Gasteiger partial charge in [-0.3, -0.25) is 4.72 Å². The van der Waals surface area contributed by atoms with Gasteiger partial charge in [0.25, 0.3) is 0 Å². The highest BCUT2D eigenvalue weighted by Gasteiger charge is 2.20. The molecule has 0 aliphatic rings. The summed E-state index contributed by atoms with van der Waals surface area (Å²) in [6, 6.07) is 11.4. The molecule has 2 aromatic rings. The van der Waals surface area contributed by atoms with Crippen LogP contribution in [0, 0.1) is 22.7 Å². The molecule has 1 N–H and O–H groups in total. The molecule has 0 amide bonds. The number of sulfonamides is 1. The van der Waals surface area contributed by atoms with E-state index >= 15 is 0 Å². The summed E-state index contributed by atoms with van der Waals surface area (Å²) in [5, 5.41) is 19.7. The number of hydrogen-bond donors (Lipinski definition) is 1. The summed E-state index contributed by atoms with van der Waals surface area (Å²) in [4.78, 5) is 6.33. The van der Waals surface area contributed by atoms with Gasteiger partial charge in [0.05, 0.1) is 17.4 Å². The highest BCUT2D eigenvalue weighted by atomic mass is 32.2. The molecule has 1 aromatic carbocycles. The zero-order valence-corrected chi connectivity index (χ0v) is 17.8. The van der Waals surface area contributed by atoms with E-state index in [1.807, 2.05) is 33.2 Å². The zero-order chi connectivity index (χ0) is 20.9. The molecule has 0 unspecified atom stereocenters. The van der Waals surface area contributed by atoms with E-state index in [0.29, 0.717) is 45.4 Å². The maximum absolute atomic E-state index is 11.3. The lowest BCUT2D eigenvalue weighted by molar-refractivity contribution is 0.607. The summed E-state index contributed by atoms with van der Waals surface area (Å²) in [7, 11) is 0.318. The summed E-state index contributed by atoms with van der Waals surface area (Å²) in [6.07, 6.45) is 1.67. The number of rotatable bonds is 7. The van der Waals surface area contributed by atoms with Gasteiger partial charge in [0.15, 0.2) is 0 Å². The molecule has 0 aliphatic heterocycles. The molecule has 0 aliphatic carbocycles. The fourth-order valence-corrected chi connectivity index (χ4v) is 4.17. The van der Waals surface area contributed by atoms with Gasteiger partial charge in [-0.2, -0.15) is 10.5 Å². The molecule has 0 saturated heterocycles. The minimum Gasteiger partial charge on any atom is -0.362 e. The first kappa shape index (κ1) is 21.5. The molecular formula is C19H21N5O2S2. The third-order valence-electron chi connectivity index (χ3n) is 3.88. The minimum atomic E-state index is -3.31. The van der Waals surface area contributed by atoms with Crippen LogP contribution in [0.25, 0.3) is 0 Å². The van der Waals surface area contributed by atoms with Crippen molar-refractivity contribution in [2.45, 2.75) is 24.1 Å². The average Bonchev–Trinajstić information content (AvgIpc) is 2.64. The molecule has 0 saturated carbocycles. The molecule has 0 bridgehead atoms. The van der Waals surface area contributed by atoms with E-state index in [2.05, 4.69) is 21.8 Å². The first-order valence-electron chi connectivity index (χ1n) is 8.44. The van der Waals surface area contributed by atoms with Crippen molar-refractivity contribution in [3.8, 4) is 12.1 Å². The predicted molar refractivity (Wildman–Crippen MR) is 112 cm³/mol. The Hall–Kier alpha value is -2.75. The minimum absolute atomic E-state index is 0.435. The Balaban J connectivity index is 2.32. The smallest absolute Gasteiger partial charge is 0.229 e. The van der Waals surface area contributed by atoms with Crippen LogP contribution < -0.4 is 9.62 Å². The normalized spacial score (nSPS) is 10.8. The number of hydrogen-bond acceptors (Lipinski definition) is 7. The second kappa shape index (κ2) is 8.96. The predicted octanol–water partition coefficient (Wildman–Crippen LogP) is 3.12. The Morgan fingerprint density at radius 1 is 1.14 bits per heavy atom. The standard InChI is InChI=1S/C19H21N5O2S2/c1-5-15-16(10-20)18(24(2)3)22-19(17(15)11-21)27-12-13-6-8-14(9-7-13)23-28(4,25)26/h6-9,23H,5,12H2,1-4H3. The number of benzene rings is 1.